The number of ether oxygens (including phenoxy) is 2. The van der Waals surface area contributed by atoms with Crippen molar-refractivity contribution in [2.45, 2.75) is 26.6 Å². The lowest BCUT2D eigenvalue weighted by atomic mass is 9.96. The molecule has 3 aromatic rings. The minimum Gasteiger partial charge on any atom is -0.395 e. The summed E-state index contributed by atoms with van der Waals surface area (Å²) in [7, 11) is 0. The Hall–Kier alpha value is -4.34. The zero-order chi connectivity index (χ0) is 25.9. The normalized spacial score (nSPS) is 13.2. The van der Waals surface area contributed by atoms with Crippen molar-refractivity contribution in [2.75, 3.05) is 18.0 Å². The van der Waals surface area contributed by atoms with Crippen LogP contribution in [0.5, 0.6) is 11.5 Å². The highest BCUT2D eigenvalue weighted by molar-refractivity contribution is 6.10. The molecule has 2 amide bonds. The van der Waals surface area contributed by atoms with Crippen LogP contribution in [0.15, 0.2) is 60.9 Å². The molecule has 2 N–H and O–H groups in total. The van der Waals surface area contributed by atoms with E-state index in [-0.39, 0.29) is 35.9 Å². The number of likely N-dealkylation sites (N-methyl/N-ethyl adjacent to an activating group) is 1. The van der Waals surface area contributed by atoms with Gasteiger partial charge in [-0.05, 0) is 49.7 Å². The second kappa shape index (κ2) is 10.1. The highest BCUT2D eigenvalue weighted by atomic mass is 19.3. The van der Waals surface area contributed by atoms with E-state index in [0.717, 1.165) is 11.1 Å². The average Bonchev–Trinajstić information content (AvgIpc) is 3.16. The number of nitrogens with zero attached hydrogens (tertiary/aromatic N) is 2. The van der Waals surface area contributed by atoms with Gasteiger partial charge in [0.05, 0.1) is 6.54 Å². The molecular formula is C26H24F2N4O4. The Labute approximate surface area is 206 Å². The third kappa shape index (κ3) is 5.48. The molecule has 0 atom stereocenters. The van der Waals surface area contributed by atoms with Crippen LogP contribution in [0.1, 0.15) is 34.0 Å². The van der Waals surface area contributed by atoms with Gasteiger partial charge in [0.1, 0.15) is 0 Å². The molecule has 0 bridgehead atoms. The van der Waals surface area contributed by atoms with Crippen LogP contribution in [0.4, 0.5) is 14.5 Å². The molecule has 0 spiro atoms. The van der Waals surface area contributed by atoms with Crippen LogP contribution in [-0.4, -0.2) is 41.9 Å². The van der Waals surface area contributed by atoms with E-state index in [0.29, 0.717) is 17.7 Å². The first kappa shape index (κ1) is 24.8. The van der Waals surface area contributed by atoms with Gasteiger partial charge in [-0.15, -0.1) is 8.78 Å². The molecule has 1 aliphatic rings. The lowest BCUT2D eigenvalue weighted by Crippen LogP contribution is -2.40. The van der Waals surface area contributed by atoms with Gasteiger partial charge in [-0.25, -0.2) is 0 Å². The maximum atomic E-state index is 13.3. The molecule has 0 radical (unpaired) electrons. The van der Waals surface area contributed by atoms with E-state index in [9.17, 15) is 18.4 Å². The number of aryl methyl sites for hydroxylation is 1. The van der Waals surface area contributed by atoms with Crippen LogP contribution in [0.25, 0.3) is 0 Å². The van der Waals surface area contributed by atoms with Crippen LogP contribution in [0.3, 0.4) is 0 Å². The highest BCUT2D eigenvalue weighted by Gasteiger charge is 2.43. The number of hydrogen-bond donors (Lipinski definition) is 2. The number of anilines is 1. The smallest absolute Gasteiger partial charge is 0.395 e. The summed E-state index contributed by atoms with van der Waals surface area (Å²) in [6.07, 6.45) is -0.150. The van der Waals surface area contributed by atoms with Gasteiger partial charge >= 0.3 is 6.29 Å². The molecule has 2 aromatic carbocycles. The van der Waals surface area contributed by atoms with Gasteiger partial charge in [0.15, 0.2) is 11.5 Å². The van der Waals surface area contributed by atoms with Crippen molar-refractivity contribution in [3.8, 4) is 11.5 Å². The number of carbonyl (C=O) groups is 2. The third-order valence-corrected chi connectivity index (χ3v) is 5.56. The van der Waals surface area contributed by atoms with Crippen molar-refractivity contribution in [1.29, 1.82) is 5.41 Å². The number of alkyl halides is 2. The van der Waals surface area contributed by atoms with Crippen molar-refractivity contribution in [1.82, 2.24) is 10.3 Å². The van der Waals surface area contributed by atoms with Gasteiger partial charge in [0, 0.05) is 54.0 Å². The first-order valence-corrected chi connectivity index (χ1v) is 11.2. The number of pyridine rings is 1. The van der Waals surface area contributed by atoms with Crippen LogP contribution in [0, 0.1) is 12.3 Å². The van der Waals surface area contributed by atoms with Crippen molar-refractivity contribution < 1.29 is 27.8 Å². The quantitative estimate of drug-likeness (QED) is 0.459. The molecule has 186 valence electrons. The molecule has 1 aliphatic heterocycles. The molecule has 1 aromatic heterocycles. The van der Waals surface area contributed by atoms with Gasteiger partial charge in [-0.2, -0.15) is 0 Å². The molecular weight excluding hydrogens is 470 g/mol. The summed E-state index contributed by atoms with van der Waals surface area (Å²) in [5.41, 5.74) is 3.04. The van der Waals surface area contributed by atoms with Crippen molar-refractivity contribution in [3.63, 3.8) is 0 Å². The number of amides is 2. The lowest BCUT2D eigenvalue weighted by Gasteiger charge is -2.21. The SMILES string of the molecule is CCN(C(=O)CNC(=O)c1ccc(C)cc1C(=N)Cc1cccnc1)c1ccc2c(c1)OC(F)(F)O2. The fourth-order valence-corrected chi connectivity index (χ4v) is 3.86. The summed E-state index contributed by atoms with van der Waals surface area (Å²) >= 11 is 0. The second-order valence-corrected chi connectivity index (χ2v) is 8.18. The predicted molar refractivity (Wildman–Crippen MR) is 129 cm³/mol. The van der Waals surface area contributed by atoms with Gasteiger partial charge in [0.2, 0.25) is 5.91 Å². The van der Waals surface area contributed by atoms with E-state index in [1.165, 1.54) is 23.1 Å². The summed E-state index contributed by atoms with van der Waals surface area (Å²) in [6.45, 7) is 3.49. The molecule has 0 fully saturated rings. The average molecular weight is 494 g/mol. The molecule has 2 heterocycles. The maximum Gasteiger partial charge on any atom is 0.586 e. The molecule has 4 rings (SSSR count). The minimum absolute atomic E-state index is 0.124. The number of nitrogens with one attached hydrogen (secondary N) is 2. The number of carbonyl (C=O) groups excluding carboxylic acids is 2. The molecule has 0 saturated heterocycles. The molecule has 0 aliphatic carbocycles. The molecule has 0 saturated carbocycles. The third-order valence-electron chi connectivity index (χ3n) is 5.56. The first-order chi connectivity index (χ1) is 17.2. The van der Waals surface area contributed by atoms with E-state index in [1.807, 2.05) is 13.0 Å². The van der Waals surface area contributed by atoms with Crippen LogP contribution in [0.2, 0.25) is 0 Å². The number of aromatic nitrogens is 1. The largest absolute Gasteiger partial charge is 0.586 e. The summed E-state index contributed by atoms with van der Waals surface area (Å²) in [4.78, 5) is 31.3. The Morgan fingerprint density at radius 3 is 2.58 bits per heavy atom. The molecule has 36 heavy (non-hydrogen) atoms. The van der Waals surface area contributed by atoms with Crippen LogP contribution >= 0.6 is 0 Å². The number of halogens is 2. The fourth-order valence-electron chi connectivity index (χ4n) is 3.86. The Morgan fingerprint density at radius 2 is 1.86 bits per heavy atom. The Bertz CT molecular complexity index is 1310. The van der Waals surface area contributed by atoms with E-state index < -0.39 is 18.1 Å². The zero-order valence-corrected chi connectivity index (χ0v) is 19.7. The second-order valence-electron chi connectivity index (χ2n) is 8.18. The Morgan fingerprint density at radius 1 is 1.08 bits per heavy atom. The minimum atomic E-state index is -3.76. The molecule has 0 unspecified atom stereocenters. The van der Waals surface area contributed by atoms with Crippen molar-refractivity contribution >= 4 is 23.2 Å². The lowest BCUT2D eigenvalue weighted by molar-refractivity contribution is -0.286. The first-order valence-electron chi connectivity index (χ1n) is 11.2. The van der Waals surface area contributed by atoms with E-state index in [4.69, 9.17) is 5.41 Å². The summed E-state index contributed by atoms with van der Waals surface area (Å²) < 4.78 is 35.5. The Kier molecular flexibility index (Phi) is 6.96. The monoisotopic (exact) mass is 494 g/mol. The molecule has 8 nitrogen and oxygen atoms in total. The zero-order valence-electron chi connectivity index (χ0n) is 19.7. The van der Waals surface area contributed by atoms with Crippen LogP contribution < -0.4 is 19.7 Å². The molecule has 10 heteroatoms. The van der Waals surface area contributed by atoms with Crippen LogP contribution in [-0.2, 0) is 11.2 Å². The van der Waals surface area contributed by atoms with Crippen molar-refractivity contribution in [3.05, 3.63) is 83.2 Å². The number of rotatable bonds is 8. The van der Waals surface area contributed by atoms with Gasteiger partial charge in [-0.3, -0.25) is 14.6 Å². The topological polar surface area (TPSA) is 105 Å². The summed E-state index contributed by atoms with van der Waals surface area (Å²) in [6, 6.07) is 12.8. The predicted octanol–water partition coefficient (Wildman–Crippen LogP) is 4.10. The van der Waals surface area contributed by atoms with E-state index in [2.05, 4.69) is 19.8 Å². The van der Waals surface area contributed by atoms with Crippen molar-refractivity contribution in [2.24, 2.45) is 0 Å². The highest BCUT2D eigenvalue weighted by Crippen LogP contribution is 2.42. The summed E-state index contributed by atoms with van der Waals surface area (Å²) in [5.74, 6) is -1.25. The fraction of sp³-hybridized carbons (Fsp3) is 0.231. The Balaban J connectivity index is 1.46. The number of benzene rings is 2. The number of hydrogen-bond acceptors (Lipinski definition) is 6. The standard InChI is InChI=1S/C26H24F2N4O4/c1-3-32(18-7-9-22-23(13-18)36-26(27,28)35-22)24(33)15-31-25(34)19-8-6-16(2)11-20(19)21(29)12-17-5-4-10-30-14-17/h4-11,13-14,29H,3,12,15H2,1-2H3,(H,31,34). The van der Waals surface area contributed by atoms with E-state index >= 15 is 0 Å². The van der Waals surface area contributed by atoms with Gasteiger partial charge in [0.25, 0.3) is 5.91 Å². The van der Waals surface area contributed by atoms with Gasteiger partial charge in [-0.1, -0.05) is 17.7 Å². The maximum absolute atomic E-state index is 13.3. The number of fused-ring (bicyclic) bond motifs is 1. The van der Waals surface area contributed by atoms with E-state index in [1.54, 1.807) is 43.6 Å². The van der Waals surface area contributed by atoms with Gasteiger partial charge < -0.3 is 25.1 Å². The summed E-state index contributed by atoms with van der Waals surface area (Å²) in [5, 5.41) is 11.2.